The van der Waals surface area contributed by atoms with Crippen molar-refractivity contribution in [2.75, 3.05) is 5.32 Å². The van der Waals surface area contributed by atoms with Gasteiger partial charge in [0.15, 0.2) is 5.78 Å². The van der Waals surface area contributed by atoms with Crippen molar-refractivity contribution in [3.63, 3.8) is 0 Å². The molecular weight excluding hydrogens is 394 g/mol. The fourth-order valence-electron chi connectivity index (χ4n) is 4.32. The standard InChI is InChI=1S/C24H21N3O4/c28-18-8-4-7-17-20(18)19(21-22(25-17)26-24(30)27-23(21)29)15-9-11-16(12-10-15)31-13-14-5-2-1-3-6-14/h1-3,5-6,9-12,19H,4,7-8,13H2,(H3,25,26,27,29,30)/t19-/m1/s1. The lowest BCUT2D eigenvalue weighted by Crippen LogP contribution is -2.36. The Morgan fingerprint density at radius 1 is 0.903 bits per heavy atom. The molecule has 2 aliphatic rings. The van der Waals surface area contributed by atoms with E-state index in [4.69, 9.17) is 4.74 Å². The Kier molecular flexibility index (Phi) is 4.78. The summed E-state index contributed by atoms with van der Waals surface area (Å²) in [6.45, 7) is 0.449. The van der Waals surface area contributed by atoms with Crippen LogP contribution in [0.2, 0.25) is 0 Å². The van der Waals surface area contributed by atoms with Gasteiger partial charge in [-0.05, 0) is 36.1 Å². The molecule has 156 valence electrons. The molecule has 0 fully saturated rings. The van der Waals surface area contributed by atoms with E-state index in [-0.39, 0.29) is 5.78 Å². The summed E-state index contributed by atoms with van der Waals surface area (Å²) in [7, 11) is 0. The second-order valence-corrected chi connectivity index (χ2v) is 7.77. The third-order valence-electron chi connectivity index (χ3n) is 5.75. The Labute approximate surface area is 177 Å². The van der Waals surface area contributed by atoms with Crippen LogP contribution in [0.5, 0.6) is 5.75 Å². The number of hydrogen-bond acceptors (Lipinski definition) is 5. The van der Waals surface area contributed by atoms with E-state index in [1.165, 1.54) is 0 Å². The van der Waals surface area contributed by atoms with Crippen molar-refractivity contribution in [2.24, 2.45) is 0 Å². The van der Waals surface area contributed by atoms with Crippen LogP contribution < -0.4 is 21.3 Å². The zero-order chi connectivity index (χ0) is 21.4. The minimum atomic E-state index is -0.578. The molecule has 0 saturated heterocycles. The summed E-state index contributed by atoms with van der Waals surface area (Å²) < 4.78 is 5.86. The third kappa shape index (κ3) is 3.59. The van der Waals surface area contributed by atoms with Gasteiger partial charge in [-0.3, -0.25) is 19.6 Å². The molecule has 0 spiro atoms. The SMILES string of the molecule is O=C1CCCC2=C1[C@@H](c1ccc(OCc3ccccc3)cc1)c1c([nH]c(=O)[nH]c1=O)N2. The van der Waals surface area contributed by atoms with Gasteiger partial charge in [0.2, 0.25) is 0 Å². The minimum absolute atomic E-state index is 0.0272. The molecule has 0 bridgehead atoms. The molecule has 2 heterocycles. The second kappa shape index (κ2) is 7.75. The van der Waals surface area contributed by atoms with Gasteiger partial charge in [-0.15, -0.1) is 0 Å². The molecule has 5 rings (SSSR count). The monoisotopic (exact) mass is 415 g/mol. The van der Waals surface area contributed by atoms with E-state index in [0.29, 0.717) is 42.2 Å². The largest absolute Gasteiger partial charge is 0.489 e. The van der Waals surface area contributed by atoms with E-state index >= 15 is 0 Å². The highest BCUT2D eigenvalue weighted by Gasteiger charge is 2.37. The summed E-state index contributed by atoms with van der Waals surface area (Å²) in [6, 6.07) is 17.3. The molecule has 0 radical (unpaired) electrons. The molecule has 1 aliphatic heterocycles. The van der Waals surface area contributed by atoms with Crippen molar-refractivity contribution in [1.82, 2.24) is 9.97 Å². The first kappa shape index (κ1) is 19.1. The molecule has 0 unspecified atom stereocenters. The lowest BCUT2D eigenvalue weighted by molar-refractivity contribution is -0.116. The zero-order valence-electron chi connectivity index (χ0n) is 16.7. The Morgan fingerprint density at radius 2 is 1.68 bits per heavy atom. The average Bonchev–Trinajstić information content (AvgIpc) is 2.77. The van der Waals surface area contributed by atoms with Crippen molar-refractivity contribution in [2.45, 2.75) is 31.8 Å². The molecule has 3 aromatic rings. The van der Waals surface area contributed by atoms with Crippen molar-refractivity contribution in [1.29, 1.82) is 0 Å². The highest BCUT2D eigenvalue weighted by Crippen LogP contribution is 2.43. The van der Waals surface area contributed by atoms with Crippen LogP contribution in [0, 0.1) is 0 Å². The summed E-state index contributed by atoms with van der Waals surface area (Å²) >= 11 is 0. The van der Waals surface area contributed by atoms with Gasteiger partial charge < -0.3 is 10.1 Å². The quantitative estimate of drug-likeness (QED) is 0.607. The molecule has 1 aliphatic carbocycles. The highest BCUT2D eigenvalue weighted by molar-refractivity contribution is 6.00. The van der Waals surface area contributed by atoms with Gasteiger partial charge in [0, 0.05) is 23.6 Å². The first-order chi connectivity index (χ1) is 15.1. The first-order valence-corrected chi connectivity index (χ1v) is 10.3. The predicted octanol–water partition coefficient (Wildman–Crippen LogP) is 3.21. The van der Waals surface area contributed by atoms with Crippen LogP contribution in [0.15, 0.2) is 75.5 Å². The third-order valence-corrected chi connectivity index (χ3v) is 5.75. The highest BCUT2D eigenvalue weighted by atomic mass is 16.5. The van der Waals surface area contributed by atoms with E-state index < -0.39 is 17.2 Å². The number of carbonyl (C=O) groups excluding carboxylic acids is 1. The number of rotatable bonds is 4. The van der Waals surface area contributed by atoms with Gasteiger partial charge in [-0.25, -0.2) is 4.79 Å². The van der Waals surface area contributed by atoms with Crippen LogP contribution >= 0.6 is 0 Å². The number of aromatic nitrogens is 2. The van der Waals surface area contributed by atoms with Crippen LogP contribution in [0.3, 0.4) is 0 Å². The number of benzene rings is 2. The number of ketones is 1. The molecule has 7 nitrogen and oxygen atoms in total. The maximum absolute atomic E-state index is 12.8. The number of anilines is 1. The Balaban J connectivity index is 1.52. The van der Waals surface area contributed by atoms with E-state index in [0.717, 1.165) is 23.2 Å². The number of H-pyrrole nitrogens is 2. The minimum Gasteiger partial charge on any atom is -0.489 e. The van der Waals surface area contributed by atoms with E-state index in [1.807, 2.05) is 54.6 Å². The Bertz CT molecular complexity index is 1290. The van der Waals surface area contributed by atoms with Crippen LogP contribution in [0.25, 0.3) is 0 Å². The van der Waals surface area contributed by atoms with Crippen LogP contribution in [-0.2, 0) is 11.4 Å². The fourth-order valence-corrected chi connectivity index (χ4v) is 4.32. The van der Waals surface area contributed by atoms with E-state index in [2.05, 4.69) is 15.3 Å². The van der Waals surface area contributed by atoms with Crippen LogP contribution in [0.1, 0.15) is 41.9 Å². The number of aromatic amines is 2. The van der Waals surface area contributed by atoms with E-state index in [9.17, 15) is 14.4 Å². The molecule has 3 N–H and O–H groups in total. The Morgan fingerprint density at radius 3 is 2.45 bits per heavy atom. The molecule has 1 atom stereocenters. The lowest BCUT2D eigenvalue weighted by atomic mass is 9.76. The van der Waals surface area contributed by atoms with Gasteiger partial charge in [-0.2, -0.15) is 0 Å². The second-order valence-electron chi connectivity index (χ2n) is 7.77. The molecule has 31 heavy (non-hydrogen) atoms. The molecule has 1 aromatic heterocycles. The van der Waals surface area contributed by atoms with Gasteiger partial charge in [0.25, 0.3) is 5.56 Å². The molecule has 0 amide bonds. The van der Waals surface area contributed by atoms with Crippen LogP contribution in [-0.4, -0.2) is 15.8 Å². The predicted molar refractivity (Wildman–Crippen MR) is 116 cm³/mol. The van der Waals surface area contributed by atoms with Crippen molar-refractivity contribution >= 4 is 11.6 Å². The average molecular weight is 415 g/mol. The summed E-state index contributed by atoms with van der Waals surface area (Å²) in [5.41, 5.74) is 2.53. The van der Waals surface area contributed by atoms with Gasteiger partial charge in [0.05, 0.1) is 5.56 Å². The summed E-state index contributed by atoms with van der Waals surface area (Å²) in [5, 5.41) is 3.12. The van der Waals surface area contributed by atoms with Gasteiger partial charge in [-0.1, -0.05) is 42.5 Å². The van der Waals surface area contributed by atoms with Crippen molar-refractivity contribution in [3.8, 4) is 5.75 Å². The zero-order valence-corrected chi connectivity index (χ0v) is 16.7. The number of allylic oxidation sites excluding steroid dienone is 2. The number of hydrogen-bond donors (Lipinski definition) is 3. The smallest absolute Gasteiger partial charge is 0.327 e. The van der Waals surface area contributed by atoms with Crippen LogP contribution in [0.4, 0.5) is 5.82 Å². The topological polar surface area (TPSA) is 104 Å². The molecule has 2 aromatic carbocycles. The maximum Gasteiger partial charge on any atom is 0.327 e. The summed E-state index contributed by atoms with van der Waals surface area (Å²) in [6.07, 6.45) is 1.89. The first-order valence-electron chi connectivity index (χ1n) is 10.3. The number of fused-ring (bicyclic) bond motifs is 1. The van der Waals surface area contributed by atoms with Gasteiger partial charge >= 0.3 is 5.69 Å². The fraction of sp³-hybridized carbons (Fsp3) is 0.208. The van der Waals surface area contributed by atoms with Gasteiger partial charge in [0.1, 0.15) is 18.2 Å². The van der Waals surface area contributed by atoms with Crippen molar-refractivity contribution in [3.05, 3.63) is 103 Å². The summed E-state index contributed by atoms with van der Waals surface area (Å²) in [4.78, 5) is 42.3. The normalized spacial score (nSPS) is 17.5. The lowest BCUT2D eigenvalue weighted by Gasteiger charge is -2.32. The van der Waals surface area contributed by atoms with E-state index in [1.54, 1.807) is 0 Å². The summed E-state index contributed by atoms with van der Waals surface area (Å²) in [5.74, 6) is 0.542. The number of Topliss-reactive ketones (excluding diaryl/α,β-unsaturated/α-hetero) is 1. The Hall–Kier alpha value is -3.87. The van der Waals surface area contributed by atoms with Crippen molar-refractivity contribution < 1.29 is 9.53 Å². The number of nitrogens with one attached hydrogen (secondary N) is 3. The molecule has 0 saturated carbocycles. The number of carbonyl (C=O) groups is 1. The number of ether oxygens (including phenoxy) is 1. The molecule has 7 heteroatoms. The maximum atomic E-state index is 12.8. The molecular formula is C24H21N3O4.